The molecule has 0 unspecified atom stereocenters. The van der Waals surface area contributed by atoms with Crippen molar-refractivity contribution in [1.82, 2.24) is 5.32 Å². The standard InChI is InChI=1S/C16H15ClN4O4S/c1-18-16(23)19-10-3-2-4-11(7-10)21-26(24,25)14-5-9-6-15(22)20-13(9)8-12(14)17/h2-5,7-8,21H,6H2,1H3,(H,20,22)(H2,18,19,23). The van der Waals surface area contributed by atoms with Gasteiger partial charge in [-0.25, -0.2) is 13.2 Å². The molecule has 1 aliphatic heterocycles. The van der Waals surface area contributed by atoms with E-state index in [2.05, 4.69) is 20.7 Å². The minimum Gasteiger partial charge on any atom is -0.341 e. The van der Waals surface area contributed by atoms with Crippen molar-refractivity contribution in [2.75, 3.05) is 22.4 Å². The summed E-state index contributed by atoms with van der Waals surface area (Å²) in [7, 11) is -2.51. The summed E-state index contributed by atoms with van der Waals surface area (Å²) in [4.78, 5) is 22.7. The lowest BCUT2D eigenvalue weighted by Gasteiger charge is -2.12. The van der Waals surface area contributed by atoms with Crippen molar-refractivity contribution < 1.29 is 18.0 Å². The fourth-order valence-corrected chi connectivity index (χ4v) is 4.12. The van der Waals surface area contributed by atoms with E-state index in [4.69, 9.17) is 11.6 Å². The SMILES string of the molecule is CNC(=O)Nc1cccc(NS(=O)(=O)c2cc3c(cc2Cl)NC(=O)C3)c1. The summed E-state index contributed by atoms with van der Waals surface area (Å²) in [5.41, 5.74) is 1.75. The van der Waals surface area contributed by atoms with Gasteiger partial charge in [0, 0.05) is 18.4 Å². The van der Waals surface area contributed by atoms with Crippen LogP contribution < -0.4 is 20.7 Å². The summed E-state index contributed by atoms with van der Waals surface area (Å²) >= 11 is 6.09. The number of benzene rings is 2. The van der Waals surface area contributed by atoms with E-state index in [0.29, 0.717) is 16.9 Å². The third kappa shape index (κ3) is 3.73. The molecule has 0 saturated carbocycles. The normalized spacial score (nSPS) is 12.9. The predicted molar refractivity (Wildman–Crippen MR) is 99.1 cm³/mol. The van der Waals surface area contributed by atoms with E-state index in [0.717, 1.165) is 0 Å². The van der Waals surface area contributed by atoms with Crippen LogP contribution in [0.5, 0.6) is 0 Å². The third-order valence-electron chi connectivity index (χ3n) is 3.67. The van der Waals surface area contributed by atoms with Gasteiger partial charge in [-0.3, -0.25) is 9.52 Å². The van der Waals surface area contributed by atoms with Crippen molar-refractivity contribution in [2.24, 2.45) is 0 Å². The van der Waals surface area contributed by atoms with Gasteiger partial charge in [-0.05, 0) is 35.9 Å². The molecule has 1 heterocycles. The summed E-state index contributed by atoms with van der Waals surface area (Å²) in [6, 6.07) is 8.59. The first kappa shape index (κ1) is 18.0. The zero-order valence-electron chi connectivity index (χ0n) is 13.6. The largest absolute Gasteiger partial charge is 0.341 e. The second-order valence-corrected chi connectivity index (χ2v) is 7.61. The zero-order valence-corrected chi connectivity index (χ0v) is 15.2. The van der Waals surface area contributed by atoms with Crippen molar-refractivity contribution in [3.63, 3.8) is 0 Å². The molecule has 0 spiro atoms. The van der Waals surface area contributed by atoms with Gasteiger partial charge in [0.2, 0.25) is 5.91 Å². The molecule has 0 aromatic heterocycles. The number of carbonyl (C=O) groups is 2. The van der Waals surface area contributed by atoms with Crippen LogP contribution in [0.4, 0.5) is 21.9 Å². The highest BCUT2D eigenvalue weighted by molar-refractivity contribution is 7.92. The number of fused-ring (bicyclic) bond motifs is 1. The number of sulfonamides is 1. The second kappa shape index (κ2) is 6.85. The van der Waals surface area contributed by atoms with Gasteiger partial charge in [-0.1, -0.05) is 17.7 Å². The molecule has 2 aromatic rings. The molecular formula is C16H15ClN4O4S. The third-order valence-corrected chi connectivity index (χ3v) is 5.52. The molecule has 0 radical (unpaired) electrons. The van der Waals surface area contributed by atoms with Gasteiger partial charge in [-0.15, -0.1) is 0 Å². The van der Waals surface area contributed by atoms with Gasteiger partial charge >= 0.3 is 6.03 Å². The van der Waals surface area contributed by atoms with Crippen LogP contribution in [0, 0.1) is 0 Å². The first-order valence-corrected chi connectivity index (χ1v) is 9.38. The number of halogens is 1. The number of anilines is 3. The summed E-state index contributed by atoms with van der Waals surface area (Å²) in [5, 5.41) is 7.56. The Morgan fingerprint density at radius 2 is 1.92 bits per heavy atom. The molecule has 0 fully saturated rings. The number of nitrogens with one attached hydrogen (secondary N) is 4. The lowest BCUT2D eigenvalue weighted by molar-refractivity contribution is -0.115. The highest BCUT2D eigenvalue weighted by atomic mass is 35.5. The molecule has 26 heavy (non-hydrogen) atoms. The monoisotopic (exact) mass is 394 g/mol. The van der Waals surface area contributed by atoms with E-state index in [1.807, 2.05) is 0 Å². The fourth-order valence-electron chi connectivity index (χ4n) is 2.50. The molecule has 3 rings (SSSR count). The minimum atomic E-state index is -3.98. The van der Waals surface area contributed by atoms with Gasteiger partial charge in [0.05, 0.1) is 17.1 Å². The Hall–Kier alpha value is -2.78. The van der Waals surface area contributed by atoms with Gasteiger partial charge in [-0.2, -0.15) is 0 Å². The molecule has 0 saturated heterocycles. The van der Waals surface area contributed by atoms with Crippen LogP contribution in [-0.2, 0) is 21.2 Å². The maximum atomic E-state index is 12.7. The quantitative estimate of drug-likeness (QED) is 0.637. The number of urea groups is 1. The minimum absolute atomic E-state index is 0.00177. The van der Waals surface area contributed by atoms with Crippen LogP contribution in [0.3, 0.4) is 0 Å². The Kier molecular flexibility index (Phi) is 4.75. The van der Waals surface area contributed by atoms with E-state index in [-0.39, 0.29) is 27.9 Å². The number of hydrogen-bond acceptors (Lipinski definition) is 4. The summed E-state index contributed by atoms with van der Waals surface area (Å²) in [5.74, 6) is -0.216. The van der Waals surface area contributed by atoms with Crippen molar-refractivity contribution in [3.8, 4) is 0 Å². The van der Waals surface area contributed by atoms with Crippen LogP contribution in [0.1, 0.15) is 5.56 Å². The van der Waals surface area contributed by atoms with Crippen molar-refractivity contribution in [3.05, 3.63) is 47.0 Å². The van der Waals surface area contributed by atoms with Gasteiger partial charge in [0.25, 0.3) is 10.0 Å². The molecule has 136 valence electrons. The molecule has 4 N–H and O–H groups in total. The lowest BCUT2D eigenvalue weighted by Crippen LogP contribution is -2.24. The fraction of sp³-hybridized carbons (Fsp3) is 0.125. The number of carbonyl (C=O) groups excluding carboxylic acids is 2. The molecule has 1 aliphatic rings. The first-order valence-electron chi connectivity index (χ1n) is 7.52. The zero-order chi connectivity index (χ0) is 18.9. The van der Waals surface area contributed by atoms with E-state index in [1.165, 1.54) is 25.2 Å². The highest BCUT2D eigenvalue weighted by Gasteiger charge is 2.25. The van der Waals surface area contributed by atoms with Gasteiger partial charge in [0.15, 0.2) is 0 Å². The average Bonchev–Trinajstić information content (AvgIpc) is 2.92. The molecule has 3 amide bonds. The van der Waals surface area contributed by atoms with E-state index >= 15 is 0 Å². The molecule has 0 atom stereocenters. The Labute approximate surface area is 155 Å². The molecule has 0 bridgehead atoms. The van der Waals surface area contributed by atoms with E-state index in [1.54, 1.807) is 18.2 Å². The topological polar surface area (TPSA) is 116 Å². The van der Waals surface area contributed by atoms with Gasteiger partial charge in [0.1, 0.15) is 4.90 Å². The Bertz CT molecular complexity index is 1010. The second-order valence-electron chi connectivity index (χ2n) is 5.56. The lowest BCUT2D eigenvalue weighted by atomic mass is 10.2. The van der Waals surface area contributed by atoms with Crippen LogP contribution in [-0.4, -0.2) is 27.4 Å². The van der Waals surface area contributed by atoms with Crippen molar-refractivity contribution in [1.29, 1.82) is 0 Å². The van der Waals surface area contributed by atoms with Crippen LogP contribution in [0.25, 0.3) is 0 Å². The number of hydrogen-bond donors (Lipinski definition) is 4. The molecule has 0 aliphatic carbocycles. The summed E-state index contributed by atoms with van der Waals surface area (Å²) in [6.07, 6.45) is 0.0978. The molecule has 10 heteroatoms. The highest BCUT2D eigenvalue weighted by Crippen LogP contribution is 2.33. The first-order chi connectivity index (χ1) is 12.3. The van der Waals surface area contributed by atoms with Crippen molar-refractivity contribution in [2.45, 2.75) is 11.3 Å². The Balaban J connectivity index is 1.88. The van der Waals surface area contributed by atoms with Crippen LogP contribution in [0.15, 0.2) is 41.3 Å². The summed E-state index contributed by atoms with van der Waals surface area (Å²) < 4.78 is 27.8. The van der Waals surface area contributed by atoms with Crippen LogP contribution in [0.2, 0.25) is 5.02 Å². The molecular weight excluding hydrogens is 380 g/mol. The Morgan fingerprint density at radius 3 is 2.65 bits per heavy atom. The van der Waals surface area contributed by atoms with Crippen LogP contribution >= 0.6 is 11.6 Å². The smallest absolute Gasteiger partial charge is 0.318 e. The molecule has 8 nitrogen and oxygen atoms in total. The van der Waals surface area contributed by atoms with Crippen molar-refractivity contribution >= 4 is 50.6 Å². The number of rotatable bonds is 4. The Morgan fingerprint density at radius 1 is 1.19 bits per heavy atom. The average molecular weight is 395 g/mol. The molecule has 2 aromatic carbocycles. The maximum absolute atomic E-state index is 12.7. The number of amides is 3. The predicted octanol–water partition coefficient (Wildman–Crippen LogP) is 2.39. The maximum Gasteiger partial charge on any atom is 0.318 e. The van der Waals surface area contributed by atoms with E-state index < -0.39 is 16.1 Å². The summed E-state index contributed by atoms with van der Waals surface area (Å²) in [6.45, 7) is 0. The van der Waals surface area contributed by atoms with E-state index in [9.17, 15) is 18.0 Å². The van der Waals surface area contributed by atoms with Gasteiger partial charge < -0.3 is 16.0 Å².